The summed E-state index contributed by atoms with van der Waals surface area (Å²) in [5.74, 6) is 0. The lowest BCUT2D eigenvalue weighted by atomic mass is 10.1. The monoisotopic (exact) mass is 386 g/mol. The van der Waals surface area contributed by atoms with Crippen LogP contribution in [0.15, 0.2) is 34.1 Å². The molecule has 138 valence electrons. The van der Waals surface area contributed by atoms with Gasteiger partial charge in [0, 0.05) is 20.1 Å². The van der Waals surface area contributed by atoms with Crippen LogP contribution in [0.1, 0.15) is 29.9 Å². The van der Waals surface area contributed by atoms with Gasteiger partial charge in [-0.3, -0.25) is 4.68 Å². The number of hydrogen-bond acceptors (Lipinski definition) is 5. The summed E-state index contributed by atoms with van der Waals surface area (Å²) in [6.45, 7) is 5.08. The first-order chi connectivity index (χ1) is 11.4. The number of nitrogens with two attached hydrogens (primary N) is 1. The average molecular weight is 386 g/mol. The summed E-state index contributed by atoms with van der Waals surface area (Å²) in [7, 11) is -4.37. The van der Waals surface area contributed by atoms with Crippen molar-refractivity contribution in [1.82, 2.24) is 14.1 Å². The number of sulfonamides is 2. The number of aromatic nitrogens is 2. The highest BCUT2D eigenvalue weighted by atomic mass is 32.2. The normalized spacial score (nSPS) is 14.0. The van der Waals surface area contributed by atoms with Gasteiger partial charge >= 0.3 is 0 Å². The summed E-state index contributed by atoms with van der Waals surface area (Å²) < 4.78 is 51.4. The van der Waals surface area contributed by atoms with Crippen LogP contribution in [0.25, 0.3) is 0 Å². The molecule has 0 fully saturated rings. The number of rotatable bonds is 5. The van der Waals surface area contributed by atoms with Crippen LogP contribution in [0.2, 0.25) is 0 Å². The van der Waals surface area contributed by atoms with E-state index in [0.717, 1.165) is 0 Å². The molecule has 1 aromatic heterocycles. The van der Waals surface area contributed by atoms with Gasteiger partial charge in [0.25, 0.3) is 0 Å². The molecular weight excluding hydrogens is 364 g/mol. The summed E-state index contributed by atoms with van der Waals surface area (Å²) in [5.41, 5.74) is 1.64. The molecule has 0 saturated heterocycles. The second-order valence-corrected chi connectivity index (χ2v) is 9.43. The SMILES string of the molecule is Cc1nn(C)c(C)c1S(=O)(=O)N(C)C(C)c1ccc(S(N)(=O)=O)cc1. The molecule has 0 amide bonds. The Morgan fingerprint density at radius 3 is 2.04 bits per heavy atom. The van der Waals surface area contributed by atoms with Gasteiger partial charge in [0.05, 0.1) is 16.3 Å². The highest BCUT2D eigenvalue weighted by Crippen LogP contribution is 2.29. The molecule has 0 spiro atoms. The molecule has 1 atom stereocenters. The van der Waals surface area contributed by atoms with Crippen molar-refractivity contribution in [3.8, 4) is 0 Å². The van der Waals surface area contributed by atoms with Gasteiger partial charge in [0.2, 0.25) is 20.0 Å². The van der Waals surface area contributed by atoms with E-state index in [0.29, 0.717) is 17.0 Å². The van der Waals surface area contributed by atoms with Crippen molar-refractivity contribution in [3.05, 3.63) is 41.2 Å². The van der Waals surface area contributed by atoms with Gasteiger partial charge in [-0.05, 0) is 38.5 Å². The lowest BCUT2D eigenvalue weighted by molar-refractivity contribution is 0.397. The predicted molar refractivity (Wildman–Crippen MR) is 93.9 cm³/mol. The first kappa shape index (κ1) is 19.6. The van der Waals surface area contributed by atoms with Crippen LogP contribution < -0.4 is 5.14 Å². The zero-order valence-corrected chi connectivity index (χ0v) is 16.4. The van der Waals surface area contributed by atoms with E-state index < -0.39 is 26.1 Å². The molecule has 2 N–H and O–H groups in total. The number of primary sulfonamides is 1. The van der Waals surface area contributed by atoms with Gasteiger partial charge in [-0.25, -0.2) is 22.0 Å². The van der Waals surface area contributed by atoms with E-state index in [-0.39, 0.29) is 9.79 Å². The van der Waals surface area contributed by atoms with Crippen LogP contribution in [0.5, 0.6) is 0 Å². The molecule has 10 heteroatoms. The zero-order valence-electron chi connectivity index (χ0n) is 14.8. The van der Waals surface area contributed by atoms with Crippen molar-refractivity contribution in [1.29, 1.82) is 0 Å². The number of benzene rings is 1. The summed E-state index contributed by atoms with van der Waals surface area (Å²) in [6.07, 6.45) is 0. The second-order valence-electron chi connectivity index (χ2n) is 5.93. The van der Waals surface area contributed by atoms with Gasteiger partial charge < -0.3 is 0 Å². The Hall–Kier alpha value is -1.75. The Morgan fingerprint density at radius 2 is 1.64 bits per heavy atom. The van der Waals surface area contributed by atoms with Gasteiger partial charge in [-0.15, -0.1) is 0 Å². The second kappa shape index (κ2) is 6.52. The zero-order chi connectivity index (χ0) is 19.2. The molecule has 1 heterocycles. The van der Waals surface area contributed by atoms with Crippen LogP contribution in [-0.4, -0.2) is 38.0 Å². The van der Waals surface area contributed by atoms with E-state index in [1.807, 2.05) is 0 Å². The Morgan fingerprint density at radius 1 is 1.12 bits per heavy atom. The van der Waals surface area contributed by atoms with E-state index in [1.165, 1.54) is 28.2 Å². The minimum atomic E-state index is -3.79. The largest absolute Gasteiger partial charge is 0.271 e. The Labute approximate surface area is 148 Å². The molecule has 0 bridgehead atoms. The lowest BCUT2D eigenvalue weighted by Crippen LogP contribution is -2.30. The van der Waals surface area contributed by atoms with Crippen molar-refractivity contribution in [2.24, 2.45) is 12.2 Å². The van der Waals surface area contributed by atoms with E-state index in [9.17, 15) is 16.8 Å². The number of hydrogen-bond donors (Lipinski definition) is 1. The Kier molecular flexibility index (Phi) is 5.11. The average Bonchev–Trinajstić information content (AvgIpc) is 2.78. The molecular formula is C15H22N4O4S2. The third-order valence-electron chi connectivity index (χ3n) is 4.32. The molecule has 2 rings (SSSR count). The minimum Gasteiger partial charge on any atom is -0.271 e. The molecule has 0 aliphatic rings. The Balaban J connectivity index is 2.40. The molecule has 8 nitrogen and oxygen atoms in total. The topological polar surface area (TPSA) is 115 Å². The highest BCUT2D eigenvalue weighted by molar-refractivity contribution is 7.89. The maximum absolute atomic E-state index is 13.0. The lowest BCUT2D eigenvalue weighted by Gasteiger charge is -2.25. The third kappa shape index (κ3) is 3.61. The van der Waals surface area contributed by atoms with E-state index in [1.54, 1.807) is 40.0 Å². The molecule has 1 unspecified atom stereocenters. The van der Waals surface area contributed by atoms with Crippen LogP contribution in [-0.2, 0) is 27.1 Å². The van der Waals surface area contributed by atoms with E-state index in [2.05, 4.69) is 5.10 Å². The smallest absolute Gasteiger partial charge is 0.247 e. The van der Waals surface area contributed by atoms with Crippen molar-refractivity contribution >= 4 is 20.0 Å². The van der Waals surface area contributed by atoms with Crippen LogP contribution in [0.4, 0.5) is 0 Å². The standard InChI is InChI=1S/C15H22N4O4S2/c1-10-15(12(3)18(4)17-10)25(22,23)19(5)11(2)13-6-8-14(9-7-13)24(16,20)21/h6-9,11H,1-5H3,(H2,16,20,21). The van der Waals surface area contributed by atoms with Crippen LogP contribution in [0.3, 0.4) is 0 Å². The van der Waals surface area contributed by atoms with Crippen molar-refractivity contribution < 1.29 is 16.8 Å². The molecule has 0 aliphatic heterocycles. The maximum Gasteiger partial charge on any atom is 0.247 e. The van der Waals surface area contributed by atoms with Gasteiger partial charge in [0.1, 0.15) is 4.90 Å². The molecule has 2 aromatic rings. The molecule has 0 saturated carbocycles. The van der Waals surface area contributed by atoms with Crippen LogP contribution in [0, 0.1) is 13.8 Å². The van der Waals surface area contributed by atoms with Crippen molar-refractivity contribution in [2.45, 2.75) is 36.6 Å². The first-order valence-electron chi connectivity index (χ1n) is 7.48. The maximum atomic E-state index is 13.0. The predicted octanol–water partition coefficient (Wildman–Crippen LogP) is 1.07. The number of aryl methyl sites for hydroxylation is 2. The van der Waals surface area contributed by atoms with Gasteiger partial charge in [-0.1, -0.05) is 12.1 Å². The quantitative estimate of drug-likeness (QED) is 0.825. The summed E-state index contributed by atoms with van der Waals surface area (Å²) in [4.78, 5) is 0.165. The molecule has 1 aromatic carbocycles. The van der Waals surface area contributed by atoms with Crippen LogP contribution >= 0.6 is 0 Å². The molecule has 0 aliphatic carbocycles. The van der Waals surface area contributed by atoms with Gasteiger partial charge in [0.15, 0.2) is 0 Å². The summed E-state index contributed by atoms with van der Waals surface area (Å²) in [5, 5.41) is 9.24. The summed E-state index contributed by atoms with van der Waals surface area (Å²) >= 11 is 0. The fourth-order valence-corrected chi connectivity index (χ4v) is 4.89. The summed E-state index contributed by atoms with van der Waals surface area (Å²) in [6, 6.07) is 5.34. The van der Waals surface area contributed by atoms with Crippen molar-refractivity contribution in [2.75, 3.05) is 7.05 Å². The molecule has 25 heavy (non-hydrogen) atoms. The van der Waals surface area contributed by atoms with Gasteiger partial charge in [-0.2, -0.15) is 9.40 Å². The van der Waals surface area contributed by atoms with E-state index >= 15 is 0 Å². The first-order valence-corrected chi connectivity index (χ1v) is 10.5. The minimum absolute atomic E-state index is 0.0205. The fraction of sp³-hybridized carbons (Fsp3) is 0.400. The highest BCUT2D eigenvalue weighted by Gasteiger charge is 2.31. The fourth-order valence-electron chi connectivity index (χ4n) is 2.63. The number of nitrogens with zero attached hydrogens (tertiary/aromatic N) is 3. The van der Waals surface area contributed by atoms with Crippen molar-refractivity contribution in [3.63, 3.8) is 0 Å². The third-order valence-corrected chi connectivity index (χ3v) is 7.43. The van der Waals surface area contributed by atoms with E-state index in [4.69, 9.17) is 5.14 Å². The molecule has 0 radical (unpaired) electrons. The Bertz CT molecular complexity index is 993.